The van der Waals surface area contributed by atoms with Crippen molar-refractivity contribution in [2.75, 3.05) is 12.8 Å². The molecule has 2 N–H and O–H groups in total. The van der Waals surface area contributed by atoms with Crippen molar-refractivity contribution >= 4 is 27.6 Å². The third-order valence-electron chi connectivity index (χ3n) is 3.42. The summed E-state index contributed by atoms with van der Waals surface area (Å²) >= 11 is 3.31. The molecule has 0 heterocycles. The Hall–Kier alpha value is -1.07. The molecule has 1 aliphatic carbocycles. The van der Waals surface area contributed by atoms with E-state index in [1.165, 1.54) is 0 Å². The van der Waals surface area contributed by atoms with E-state index in [9.17, 15) is 4.79 Å². The van der Waals surface area contributed by atoms with E-state index in [1.54, 1.807) is 25.3 Å². The van der Waals surface area contributed by atoms with Crippen LogP contribution in [0.1, 0.15) is 36.0 Å². The Balaban J connectivity index is 1.98. The van der Waals surface area contributed by atoms with Crippen LogP contribution in [0.15, 0.2) is 22.7 Å². The molecule has 1 aromatic carbocycles. The van der Waals surface area contributed by atoms with Crippen molar-refractivity contribution in [3.8, 4) is 0 Å². The summed E-state index contributed by atoms with van der Waals surface area (Å²) < 4.78 is 11.6. The Labute approximate surface area is 121 Å². The van der Waals surface area contributed by atoms with E-state index in [2.05, 4.69) is 15.9 Å². The molecule has 0 saturated heterocycles. The molecule has 5 heteroatoms. The normalized spacial score (nSPS) is 23.1. The lowest BCUT2D eigenvalue weighted by Gasteiger charge is -2.27. The highest BCUT2D eigenvalue weighted by molar-refractivity contribution is 9.10. The Morgan fingerprint density at radius 1 is 1.37 bits per heavy atom. The van der Waals surface area contributed by atoms with Crippen molar-refractivity contribution in [3.05, 3.63) is 28.2 Å². The molecule has 104 valence electrons. The van der Waals surface area contributed by atoms with Gasteiger partial charge in [-0.2, -0.15) is 0 Å². The Morgan fingerprint density at radius 2 is 2.11 bits per heavy atom. The third kappa shape index (κ3) is 3.70. The molecule has 1 fully saturated rings. The monoisotopic (exact) mass is 327 g/mol. The maximum atomic E-state index is 12.0. The number of carbonyl (C=O) groups excluding carboxylic acids is 1. The highest BCUT2D eigenvalue weighted by Gasteiger charge is 2.25. The Kier molecular flexibility index (Phi) is 4.82. The molecular formula is C14H18BrNO3. The van der Waals surface area contributed by atoms with Gasteiger partial charge in [-0.1, -0.05) is 0 Å². The second-order valence-corrected chi connectivity index (χ2v) is 5.64. The number of hydrogen-bond acceptors (Lipinski definition) is 4. The number of rotatable bonds is 3. The van der Waals surface area contributed by atoms with E-state index in [0.29, 0.717) is 15.7 Å². The molecule has 1 aromatic rings. The number of nitrogen functional groups attached to an aromatic ring is 1. The fourth-order valence-electron chi connectivity index (χ4n) is 2.30. The van der Waals surface area contributed by atoms with Crippen LogP contribution in [-0.4, -0.2) is 25.3 Å². The first-order valence-corrected chi connectivity index (χ1v) is 7.18. The number of carbonyl (C=O) groups is 1. The third-order valence-corrected chi connectivity index (χ3v) is 4.11. The summed E-state index contributed by atoms with van der Waals surface area (Å²) in [5, 5.41) is 0. The smallest absolute Gasteiger partial charge is 0.338 e. The van der Waals surface area contributed by atoms with Gasteiger partial charge in [0.1, 0.15) is 6.10 Å². The van der Waals surface area contributed by atoms with Crippen molar-refractivity contribution in [1.29, 1.82) is 0 Å². The van der Waals surface area contributed by atoms with Crippen LogP contribution in [0.2, 0.25) is 0 Å². The van der Waals surface area contributed by atoms with Gasteiger partial charge in [0.05, 0.1) is 11.7 Å². The Bertz CT molecular complexity index is 464. The molecule has 1 aliphatic rings. The molecule has 0 amide bonds. The lowest BCUT2D eigenvalue weighted by Crippen LogP contribution is -2.29. The fraction of sp³-hybridized carbons (Fsp3) is 0.500. The summed E-state index contributed by atoms with van der Waals surface area (Å²) in [5.41, 5.74) is 6.81. The van der Waals surface area contributed by atoms with Gasteiger partial charge in [-0.05, 0) is 53.4 Å². The van der Waals surface area contributed by atoms with Gasteiger partial charge in [0.25, 0.3) is 0 Å². The van der Waals surface area contributed by atoms with Crippen LogP contribution in [0, 0.1) is 0 Å². The van der Waals surface area contributed by atoms with Gasteiger partial charge in [0.15, 0.2) is 0 Å². The first-order chi connectivity index (χ1) is 9.10. The molecule has 0 radical (unpaired) electrons. The van der Waals surface area contributed by atoms with Crippen LogP contribution in [0.25, 0.3) is 0 Å². The topological polar surface area (TPSA) is 61.5 Å². The largest absolute Gasteiger partial charge is 0.459 e. The molecule has 0 bridgehead atoms. The second kappa shape index (κ2) is 6.39. The average Bonchev–Trinajstić information content (AvgIpc) is 2.42. The van der Waals surface area contributed by atoms with Gasteiger partial charge < -0.3 is 15.2 Å². The number of benzene rings is 1. The van der Waals surface area contributed by atoms with E-state index >= 15 is 0 Å². The van der Waals surface area contributed by atoms with Crippen LogP contribution in [-0.2, 0) is 9.47 Å². The highest BCUT2D eigenvalue weighted by Crippen LogP contribution is 2.25. The quantitative estimate of drug-likeness (QED) is 0.684. The molecule has 2 unspecified atom stereocenters. The fourth-order valence-corrected chi connectivity index (χ4v) is 2.68. The maximum Gasteiger partial charge on any atom is 0.338 e. The van der Waals surface area contributed by atoms with Crippen molar-refractivity contribution in [2.24, 2.45) is 0 Å². The predicted octanol–water partition coefficient (Wildman–Crippen LogP) is 3.15. The van der Waals surface area contributed by atoms with Gasteiger partial charge in [-0.3, -0.25) is 0 Å². The maximum absolute atomic E-state index is 12.0. The summed E-state index contributed by atoms with van der Waals surface area (Å²) in [6, 6.07) is 5.06. The standard InChI is InChI=1S/C14H18BrNO3/c1-18-10-3-2-4-11(8-10)19-14(17)9-5-6-13(16)12(15)7-9/h5-7,10-11H,2-4,8,16H2,1H3. The number of esters is 1. The summed E-state index contributed by atoms with van der Waals surface area (Å²) in [6.45, 7) is 0. The summed E-state index contributed by atoms with van der Waals surface area (Å²) in [6.07, 6.45) is 3.90. The number of ether oxygens (including phenoxy) is 2. The van der Waals surface area contributed by atoms with Crippen LogP contribution < -0.4 is 5.73 Å². The van der Waals surface area contributed by atoms with E-state index < -0.39 is 0 Å². The molecule has 2 atom stereocenters. The number of methoxy groups -OCH3 is 1. The van der Waals surface area contributed by atoms with Crippen LogP contribution in [0.4, 0.5) is 5.69 Å². The molecule has 2 rings (SSSR count). The average molecular weight is 328 g/mol. The second-order valence-electron chi connectivity index (χ2n) is 4.79. The minimum absolute atomic E-state index is 0.0532. The molecule has 0 aliphatic heterocycles. The van der Waals surface area contributed by atoms with E-state index in [4.69, 9.17) is 15.2 Å². The predicted molar refractivity (Wildman–Crippen MR) is 77.0 cm³/mol. The first-order valence-electron chi connectivity index (χ1n) is 6.39. The van der Waals surface area contributed by atoms with Gasteiger partial charge >= 0.3 is 5.97 Å². The van der Waals surface area contributed by atoms with Gasteiger partial charge in [-0.25, -0.2) is 4.79 Å². The van der Waals surface area contributed by atoms with Crippen molar-refractivity contribution < 1.29 is 14.3 Å². The molecule has 0 spiro atoms. The molecule has 1 saturated carbocycles. The number of nitrogens with two attached hydrogens (primary N) is 1. The number of hydrogen-bond donors (Lipinski definition) is 1. The van der Waals surface area contributed by atoms with Crippen molar-refractivity contribution in [1.82, 2.24) is 0 Å². The number of anilines is 1. The highest BCUT2D eigenvalue weighted by atomic mass is 79.9. The number of halogens is 1. The SMILES string of the molecule is COC1CCCC(OC(=O)c2ccc(N)c(Br)c2)C1. The molecule has 0 aromatic heterocycles. The molecule has 4 nitrogen and oxygen atoms in total. The van der Waals surface area contributed by atoms with Gasteiger partial charge in [0, 0.05) is 23.7 Å². The summed E-state index contributed by atoms with van der Waals surface area (Å²) in [5.74, 6) is -0.303. The first kappa shape index (κ1) is 14.3. The van der Waals surface area contributed by atoms with E-state index in [0.717, 1.165) is 25.7 Å². The lowest BCUT2D eigenvalue weighted by molar-refractivity contribution is -0.0149. The van der Waals surface area contributed by atoms with Crippen LogP contribution in [0.5, 0.6) is 0 Å². The van der Waals surface area contributed by atoms with Crippen molar-refractivity contribution in [3.63, 3.8) is 0 Å². The zero-order chi connectivity index (χ0) is 13.8. The van der Waals surface area contributed by atoms with E-state index in [-0.39, 0.29) is 18.2 Å². The van der Waals surface area contributed by atoms with Crippen LogP contribution in [0.3, 0.4) is 0 Å². The minimum atomic E-state index is -0.303. The molecule has 19 heavy (non-hydrogen) atoms. The van der Waals surface area contributed by atoms with Crippen molar-refractivity contribution in [2.45, 2.75) is 37.9 Å². The van der Waals surface area contributed by atoms with Crippen LogP contribution >= 0.6 is 15.9 Å². The summed E-state index contributed by atoms with van der Waals surface area (Å²) in [7, 11) is 1.70. The zero-order valence-corrected chi connectivity index (χ0v) is 12.5. The lowest BCUT2D eigenvalue weighted by atomic mass is 9.95. The van der Waals surface area contributed by atoms with Gasteiger partial charge in [-0.15, -0.1) is 0 Å². The van der Waals surface area contributed by atoms with Gasteiger partial charge in [0.2, 0.25) is 0 Å². The molecular weight excluding hydrogens is 310 g/mol. The Morgan fingerprint density at radius 3 is 2.79 bits per heavy atom. The van der Waals surface area contributed by atoms with E-state index in [1.807, 2.05) is 0 Å². The minimum Gasteiger partial charge on any atom is -0.459 e. The zero-order valence-electron chi connectivity index (χ0n) is 10.9. The summed E-state index contributed by atoms with van der Waals surface area (Å²) in [4.78, 5) is 12.0.